The van der Waals surface area contributed by atoms with Crippen molar-refractivity contribution >= 4 is 23.3 Å². The summed E-state index contributed by atoms with van der Waals surface area (Å²) < 4.78 is 0. The second kappa shape index (κ2) is 4.71. The van der Waals surface area contributed by atoms with E-state index in [4.69, 9.17) is 0 Å². The molecule has 0 N–H and O–H groups in total. The van der Waals surface area contributed by atoms with E-state index in [1.165, 1.54) is 10.8 Å². The van der Waals surface area contributed by atoms with Gasteiger partial charge in [0.15, 0.2) is 5.84 Å². The number of aliphatic imine (C=N–C) groups is 2. The van der Waals surface area contributed by atoms with Crippen LogP contribution in [0.15, 0.2) is 52.4 Å². The topological polar surface area (TPSA) is 24.7 Å². The van der Waals surface area contributed by atoms with E-state index < -0.39 is 0 Å². The van der Waals surface area contributed by atoms with E-state index in [9.17, 15) is 0 Å². The predicted octanol–water partition coefficient (Wildman–Crippen LogP) is 3.31. The average molecular weight is 210 g/mol. The molecule has 0 unspecified atom stereocenters. The van der Waals surface area contributed by atoms with Crippen molar-refractivity contribution in [2.75, 3.05) is 6.54 Å². The van der Waals surface area contributed by atoms with Crippen LogP contribution < -0.4 is 0 Å². The molecule has 0 atom stereocenters. The molecule has 2 nitrogen and oxygen atoms in total. The third-order valence-corrected chi connectivity index (χ3v) is 2.47. The fourth-order valence-corrected chi connectivity index (χ4v) is 1.71. The van der Waals surface area contributed by atoms with Gasteiger partial charge in [0.05, 0.1) is 0 Å². The van der Waals surface area contributed by atoms with Crippen molar-refractivity contribution in [2.24, 2.45) is 9.98 Å². The van der Waals surface area contributed by atoms with Crippen LogP contribution in [-0.2, 0) is 0 Å². The molecule has 80 valence electrons. The summed E-state index contributed by atoms with van der Waals surface area (Å²) in [6.07, 6.45) is 0. The Morgan fingerprint density at radius 2 is 1.88 bits per heavy atom. The highest BCUT2D eigenvalue weighted by atomic mass is 14.9. The van der Waals surface area contributed by atoms with E-state index in [0.29, 0.717) is 5.84 Å². The van der Waals surface area contributed by atoms with Crippen LogP contribution in [0.1, 0.15) is 12.5 Å². The first-order valence-electron chi connectivity index (χ1n) is 5.35. The predicted molar refractivity (Wildman–Crippen MR) is 70.6 cm³/mol. The van der Waals surface area contributed by atoms with Gasteiger partial charge < -0.3 is 0 Å². The zero-order valence-electron chi connectivity index (χ0n) is 9.35. The van der Waals surface area contributed by atoms with Gasteiger partial charge >= 0.3 is 0 Å². The minimum absolute atomic E-state index is 0.716. The molecule has 0 aliphatic carbocycles. The smallest absolute Gasteiger partial charge is 0.153 e. The van der Waals surface area contributed by atoms with Crippen LogP contribution in [0.25, 0.3) is 10.8 Å². The van der Waals surface area contributed by atoms with Gasteiger partial charge in [-0.15, -0.1) is 0 Å². The number of hydrogen-bond acceptors (Lipinski definition) is 1. The van der Waals surface area contributed by atoms with Gasteiger partial charge in [-0.3, -0.25) is 4.99 Å². The van der Waals surface area contributed by atoms with Crippen molar-refractivity contribution in [3.05, 3.63) is 48.0 Å². The molecular formula is C14H14N2. The average Bonchev–Trinajstić information content (AvgIpc) is 2.35. The first kappa shape index (κ1) is 10.6. The molecule has 0 aromatic heterocycles. The standard InChI is InChI=1S/C14H14N2/c1-3-16-14(15-2)13-9-8-11-6-4-5-7-12(11)10-13/h4-10H,2-3H2,1H3. The molecule has 2 aromatic carbocycles. The van der Waals surface area contributed by atoms with Crippen LogP contribution in [0.5, 0.6) is 0 Å². The van der Waals surface area contributed by atoms with E-state index in [1.807, 2.05) is 25.1 Å². The van der Waals surface area contributed by atoms with Crippen LogP contribution in [0.4, 0.5) is 0 Å². The summed E-state index contributed by atoms with van der Waals surface area (Å²) in [5, 5.41) is 2.43. The number of fused-ring (bicyclic) bond motifs is 1. The Balaban J connectivity index is 2.54. The summed E-state index contributed by atoms with van der Waals surface area (Å²) in [5.41, 5.74) is 1.02. The molecule has 0 heterocycles. The van der Waals surface area contributed by atoms with Crippen molar-refractivity contribution in [1.29, 1.82) is 0 Å². The fourth-order valence-electron chi connectivity index (χ4n) is 1.71. The largest absolute Gasteiger partial charge is 0.267 e. The van der Waals surface area contributed by atoms with Crippen molar-refractivity contribution in [3.63, 3.8) is 0 Å². The fraction of sp³-hybridized carbons (Fsp3) is 0.143. The molecule has 2 heteroatoms. The van der Waals surface area contributed by atoms with Gasteiger partial charge in [-0.25, -0.2) is 4.99 Å². The van der Waals surface area contributed by atoms with Gasteiger partial charge in [-0.2, -0.15) is 0 Å². The van der Waals surface area contributed by atoms with Crippen LogP contribution >= 0.6 is 0 Å². The molecule has 0 amide bonds. The first-order valence-corrected chi connectivity index (χ1v) is 5.35. The summed E-state index contributed by atoms with van der Waals surface area (Å²) in [4.78, 5) is 8.26. The van der Waals surface area contributed by atoms with Crippen LogP contribution in [0.3, 0.4) is 0 Å². The number of nitrogens with zero attached hydrogens (tertiary/aromatic N) is 2. The van der Waals surface area contributed by atoms with Crippen LogP contribution in [0.2, 0.25) is 0 Å². The minimum Gasteiger partial charge on any atom is -0.267 e. The molecule has 0 saturated carbocycles. The summed E-state index contributed by atoms with van der Waals surface area (Å²) in [5.74, 6) is 0.716. The van der Waals surface area contributed by atoms with Gasteiger partial charge in [0.2, 0.25) is 0 Å². The molecule has 0 radical (unpaired) electrons. The van der Waals surface area contributed by atoms with E-state index in [1.54, 1.807) is 0 Å². The Hall–Kier alpha value is -1.96. The van der Waals surface area contributed by atoms with E-state index in [0.717, 1.165) is 12.1 Å². The lowest BCUT2D eigenvalue weighted by atomic mass is 10.1. The SMILES string of the molecule is C=NC(=NCC)c1ccc2ccccc2c1. The van der Waals surface area contributed by atoms with Gasteiger partial charge in [-0.1, -0.05) is 36.4 Å². The second-order valence-corrected chi connectivity index (χ2v) is 3.52. The Morgan fingerprint density at radius 3 is 2.56 bits per heavy atom. The summed E-state index contributed by atoms with van der Waals surface area (Å²) in [6, 6.07) is 14.5. The molecule has 2 aromatic rings. The molecule has 2 rings (SSSR count). The maximum absolute atomic E-state index is 4.31. The lowest BCUT2D eigenvalue weighted by Gasteiger charge is -2.02. The highest BCUT2D eigenvalue weighted by Crippen LogP contribution is 2.16. The van der Waals surface area contributed by atoms with Crippen LogP contribution in [-0.4, -0.2) is 19.1 Å². The maximum atomic E-state index is 4.31. The molecule has 0 aliphatic heterocycles. The monoisotopic (exact) mass is 210 g/mol. The normalized spacial score (nSPS) is 11.7. The molecule has 16 heavy (non-hydrogen) atoms. The van der Waals surface area contributed by atoms with Crippen molar-refractivity contribution in [2.45, 2.75) is 6.92 Å². The summed E-state index contributed by atoms with van der Waals surface area (Å²) in [7, 11) is 0. The molecular weight excluding hydrogens is 196 g/mol. The lowest BCUT2D eigenvalue weighted by Crippen LogP contribution is -1.97. The Bertz CT molecular complexity index is 541. The van der Waals surface area contributed by atoms with Gasteiger partial charge in [-0.05, 0) is 30.5 Å². The zero-order valence-corrected chi connectivity index (χ0v) is 9.35. The summed E-state index contributed by atoms with van der Waals surface area (Å²) in [6.45, 7) is 6.27. The second-order valence-electron chi connectivity index (χ2n) is 3.52. The van der Waals surface area contributed by atoms with Gasteiger partial charge in [0.1, 0.15) is 0 Å². The number of rotatable bonds is 2. The van der Waals surface area contributed by atoms with Crippen molar-refractivity contribution < 1.29 is 0 Å². The first-order chi connectivity index (χ1) is 7.85. The third kappa shape index (κ3) is 2.01. The quantitative estimate of drug-likeness (QED) is 0.536. The highest BCUT2D eigenvalue weighted by molar-refractivity contribution is 6.04. The third-order valence-electron chi connectivity index (χ3n) is 2.47. The Kier molecular flexibility index (Phi) is 3.10. The Morgan fingerprint density at radius 1 is 1.12 bits per heavy atom. The molecule has 0 saturated heterocycles. The van der Waals surface area contributed by atoms with E-state index >= 15 is 0 Å². The molecule has 0 fully saturated rings. The Labute approximate surface area is 95.4 Å². The molecule has 0 aliphatic rings. The van der Waals surface area contributed by atoms with E-state index in [-0.39, 0.29) is 0 Å². The summed E-state index contributed by atoms with van der Waals surface area (Å²) >= 11 is 0. The maximum Gasteiger partial charge on any atom is 0.153 e. The molecule has 0 spiro atoms. The van der Waals surface area contributed by atoms with Crippen molar-refractivity contribution in [1.82, 2.24) is 0 Å². The van der Waals surface area contributed by atoms with Gasteiger partial charge in [0, 0.05) is 12.1 Å². The minimum atomic E-state index is 0.716. The lowest BCUT2D eigenvalue weighted by molar-refractivity contribution is 1.12. The highest BCUT2D eigenvalue weighted by Gasteiger charge is 2.01. The van der Waals surface area contributed by atoms with Gasteiger partial charge in [0.25, 0.3) is 0 Å². The van der Waals surface area contributed by atoms with E-state index in [2.05, 4.69) is 41.0 Å². The number of amidine groups is 1. The van der Waals surface area contributed by atoms with Crippen LogP contribution in [0, 0.1) is 0 Å². The number of benzene rings is 2. The van der Waals surface area contributed by atoms with Crippen molar-refractivity contribution in [3.8, 4) is 0 Å². The zero-order chi connectivity index (χ0) is 11.4. The molecule has 0 bridgehead atoms. The number of hydrogen-bond donors (Lipinski definition) is 0.